The Morgan fingerprint density at radius 2 is 1.33 bits per heavy atom. The van der Waals surface area contributed by atoms with Crippen LogP contribution in [0.3, 0.4) is 0 Å². The van der Waals surface area contributed by atoms with Gasteiger partial charge in [-0.3, -0.25) is 0 Å². The van der Waals surface area contributed by atoms with Crippen molar-refractivity contribution < 1.29 is 5.11 Å². The molecule has 0 amide bonds. The standard InChI is InChI=1S/C13H8Cl4O/c14-10-2-1-7(6-18)3-8(10)9-4-12(16)13(17)5-11(9)15/h1-5,18H,6H2. The monoisotopic (exact) mass is 320 g/mol. The maximum atomic E-state index is 9.14. The largest absolute Gasteiger partial charge is 0.392 e. The average Bonchev–Trinajstić information content (AvgIpc) is 2.35. The average molecular weight is 322 g/mol. The summed E-state index contributed by atoms with van der Waals surface area (Å²) in [4.78, 5) is 0. The molecule has 0 heterocycles. The lowest BCUT2D eigenvalue weighted by molar-refractivity contribution is 0.282. The SMILES string of the molecule is OCc1ccc(Cl)c(-c2cc(Cl)c(Cl)cc2Cl)c1. The normalized spacial score (nSPS) is 10.7. The maximum absolute atomic E-state index is 9.14. The first-order valence-electron chi connectivity index (χ1n) is 5.07. The van der Waals surface area contributed by atoms with Crippen LogP contribution in [0.1, 0.15) is 5.56 Å². The minimum absolute atomic E-state index is 0.0664. The zero-order valence-electron chi connectivity index (χ0n) is 9.05. The van der Waals surface area contributed by atoms with Crippen molar-refractivity contribution in [2.24, 2.45) is 0 Å². The van der Waals surface area contributed by atoms with Crippen LogP contribution in [-0.2, 0) is 6.61 Å². The van der Waals surface area contributed by atoms with Gasteiger partial charge in [-0.15, -0.1) is 0 Å². The fraction of sp³-hybridized carbons (Fsp3) is 0.0769. The molecule has 2 aromatic rings. The molecule has 0 aliphatic rings. The van der Waals surface area contributed by atoms with Gasteiger partial charge in [0.25, 0.3) is 0 Å². The van der Waals surface area contributed by atoms with E-state index in [9.17, 15) is 0 Å². The van der Waals surface area contributed by atoms with Gasteiger partial charge in [0.1, 0.15) is 0 Å². The van der Waals surface area contributed by atoms with Crippen LogP contribution < -0.4 is 0 Å². The summed E-state index contributed by atoms with van der Waals surface area (Å²) < 4.78 is 0. The second-order valence-electron chi connectivity index (χ2n) is 3.72. The van der Waals surface area contributed by atoms with Gasteiger partial charge >= 0.3 is 0 Å². The number of hydrogen-bond donors (Lipinski definition) is 1. The van der Waals surface area contributed by atoms with E-state index in [0.29, 0.717) is 31.2 Å². The van der Waals surface area contributed by atoms with Gasteiger partial charge in [0, 0.05) is 16.1 Å². The number of halogens is 4. The predicted octanol–water partition coefficient (Wildman–Crippen LogP) is 5.46. The lowest BCUT2D eigenvalue weighted by Gasteiger charge is -2.10. The molecule has 0 aliphatic heterocycles. The minimum atomic E-state index is -0.0664. The van der Waals surface area contributed by atoms with Crippen molar-refractivity contribution in [2.75, 3.05) is 0 Å². The Morgan fingerprint density at radius 3 is 2.00 bits per heavy atom. The first-order valence-corrected chi connectivity index (χ1v) is 6.58. The second-order valence-corrected chi connectivity index (χ2v) is 5.35. The van der Waals surface area contributed by atoms with Crippen LogP contribution in [-0.4, -0.2) is 5.11 Å². The van der Waals surface area contributed by atoms with E-state index >= 15 is 0 Å². The second kappa shape index (κ2) is 5.68. The topological polar surface area (TPSA) is 20.2 Å². The Kier molecular flexibility index (Phi) is 4.41. The van der Waals surface area contributed by atoms with E-state index in [1.54, 1.807) is 30.3 Å². The molecule has 5 heteroatoms. The van der Waals surface area contributed by atoms with Gasteiger partial charge in [-0.25, -0.2) is 0 Å². The Morgan fingerprint density at radius 1 is 0.722 bits per heavy atom. The lowest BCUT2D eigenvalue weighted by Crippen LogP contribution is -1.87. The molecule has 0 atom stereocenters. The predicted molar refractivity (Wildman–Crippen MR) is 77.8 cm³/mol. The van der Waals surface area contributed by atoms with Gasteiger partial charge in [0.05, 0.1) is 21.7 Å². The molecule has 0 saturated carbocycles. The molecule has 18 heavy (non-hydrogen) atoms. The van der Waals surface area contributed by atoms with E-state index < -0.39 is 0 Å². The van der Waals surface area contributed by atoms with Crippen molar-refractivity contribution >= 4 is 46.4 Å². The van der Waals surface area contributed by atoms with Crippen LogP contribution in [0.5, 0.6) is 0 Å². The molecule has 0 unspecified atom stereocenters. The van der Waals surface area contributed by atoms with Gasteiger partial charge in [0.15, 0.2) is 0 Å². The third-order valence-corrected chi connectivity index (χ3v) is 3.88. The van der Waals surface area contributed by atoms with E-state index in [2.05, 4.69) is 0 Å². The van der Waals surface area contributed by atoms with Crippen LogP contribution in [0.15, 0.2) is 30.3 Å². The van der Waals surface area contributed by atoms with Crippen LogP contribution in [0, 0.1) is 0 Å². The molecule has 0 radical (unpaired) electrons. The van der Waals surface area contributed by atoms with E-state index in [1.807, 2.05) is 0 Å². The van der Waals surface area contributed by atoms with Gasteiger partial charge < -0.3 is 5.11 Å². The Balaban J connectivity index is 2.64. The van der Waals surface area contributed by atoms with Crippen LogP contribution >= 0.6 is 46.4 Å². The summed E-state index contributed by atoms with van der Waals surface area (Å²) in [7, 11) is 0. The number of aliphatic hydroxyl groups is 1. The third kappa shape index (κ3) is 2.76. The highest BCUT2D eigenvalue weighted by Crippen LogP contribution is 2.38. The van der Waals surface area contributed by atoms with Crippen molar-refractivity contribution in [1.82, 2.24) is 0 Å². The smallest absolute Gasteiger partial charge is 0.0682 e. The molecule has 1 nitrogen and oxygen atoms in total. The molecule has 2 aromatic carbocycles. The highest BCUT2D eigenvalue weighted by molar-refractivity contribution is 6.44. The highest BCUT2D eigenvalue weighted by atomic mass is 35.5. The summed E-state index contributed by atoms with van der Waals surface area (Å²) in [6.07, 6.45) is 0. The van der Waals surface area contributed by atoms with E-state index in [0.717, 1.165) is 5.56 Å². The van der Waals surface area contributed by atoms with Gasteiger partial charge in [-0.1, -0.05) is 52.5 Å². The highest BCUT2D eigenvalue weighted by Gasteiger charge is 2.11. The van der Waals surface area contributed by atoms with Crippen molar-refractivity contribution in [3.8, 4) is 11.1 Å². The molecular weight excluding hydrogens is 314 g/mol. The van der Waals surface area contributed by atoms with Crippen LogP contribution in [0.25, 0.3) is 11.1 Å². The van der Waals surface area contributed by atoms with Gasteiger partial charge in [-0.05, 0) is 29.8 Å². The van der Waals surface area contributed by atoms with Crippen molar-refractivity contribution in [3.63, 3.8) is 0 Å². The Labute approximate surface area is 125 Å². The quantitative estimate of drug-likeness (QED) is 0.728. The fourth-order valence-corrected chi connectivity index (χ4v) is 2.47. The number of hydrogen-bond acceptors (Lipinski definition) is 1. The molecule has 0 spiro atoms. The summed E-state index contributed by atoms with van der Waals surface area (Å²) >= 11 is 24.1. The molecule has 1 N–H and O–H groups in total. The lowest BCUT2D eigenvalue weighted by atomic mass is 10.0. The van der Waals surface area contributed by atoms with Crippen molar-refractivity contribution in [2.45, 2.75) is 6.61 Å². The summed E-state index contributed by atoms with van der Waals surface area (Å²) in [6, 6.07) is 8.46. The summed E-state index contributed by atoms with van der Waals surface area (Å²) in [5, 5.41) is 10.9. The van der Waals surface area contributed by atoms with Crippen LogP contribution in [0.2, 0.25) is 20.1 Å². The Bertz CT molecular complexity index is 596. The zero-order valence-corrected chi connectivity index (χ0v) is 12.1. The molecule has 94 valence electrons. The fourth-order valence-electron chi connectivity index (χ4n) is 1.61. The number of aliphatic hydroxyl groups excluding tert-OH is 1. The summed E-state index contributed by atoms with van der Waals surface area (Å²) in [5.41, 5.74) is 2.15. The molecule has 2 rings (SSSR count). The van der Waals surface area contributed by atoms with Crippen LogP contribution in [0.4, 0.5) is 0 Å². The minimum Gasteiger partial charge on any atom is -0.392 e. The number of benzene rings is 2. The third-order valence-electron chi connectivity index (χ3n) is 2.51. The maximum Gasteiger partial charge on any atom is 0.0682 e. The van der Waals surface area contributed by atoms with Gasteiger partial charge in [-0.2, -0.15) is 0 Å². The summed E-state index contributed by atoms with van der Waals surface area (Å²) in [5.74, 6) is 0. The number of rotatable bonds is 2. The van der Waals surface area contributed by atoms with Crippen molar-refractivity contribution in [1.29, 1.82) is 0 Å². The first kappa shape index (κ1) is 14.0. The Hall–Kier alpha value is -0.440. The molecule has 0 fully saturated rings. The van der Waals surface area contributed by atoms with E-state index in [-0.39, 0.29) is 6.61 Å². The van der Waals surface area contributed by atoms with Crippen molar-refractivity contribution in [3.05, 3.63) is 56.0 Å². The molecule has 0 bridgehead atoms. The molecule has 0 aromatic heterocycles. The van der Waals surface area contributed by atoms with E-state index in [4.69, 9.17) is 51.5 Å². The van der Waals surface area contributed by atoms with E-state index in [1.165, 1.54) is 0 Å². The van der Waals surface area contributed by atoms with Gasteiger partial charge in [0.2, 0.25) is 0 Å². The summed E-state index contributed by atoms with van der Waals surface area (Å²) in [6.45, 7) is -0.0664. The molecule has 0 aliphatic carbocycles. The molecular formula is C13H8Cl4O. The first-order chi connectivity index (χ1) is 8.52. The molecule has 0 saturated heterocycles. The zero-order chi connectivity index (χ0) is 13.3.